The number of aromatic nitrogens is 1. The Balaban J connectivity index is 2.02. The fourth-order valence-corrected chi connectivity index (χ4v) is 3.20. The van der Waals surface area contributed by atoms with Crippen LogP contribution in [0.25, 0.3) is 10.9 Å². The van der Waals surface area contributed by atoms with E-state index in [1.807, 2.05) is 43.9 Å². The van der Waals surface area contributed by atoms with Crippen LogP contribution in [-0.2, 0) is 0 Å². The Kier molecular flexibility index (Phi) is 5.59. The van der Waals surface area contributed by atoms with E-state index >= 15 is 0 Å². The molecule has 0 aliphatic heterocycles. The van der Waals surface area contributed by atoms with Crippen LogP contribution in [0, 0.1) is 6.92 Å². The number of fused-ring (bicyclic) bond motifs is 1. The molecule has 1 aromatic heterocycles. The van der Waals surface area contributed by atoms with E-state index in [0.717, 1.165) is 18.7 Å². The van der Waals surface area contributed by atoms with Crippen molar-refractivity contribution in [2.45, 2.75) is 20.8 Å². The molecular formula is C22H23N3O3. The van der Waals surface area contributed by atoms with Crippen LogP contribution >= 0.6 is 0 Å². The molecule has 0 radical (unpaired) electrons. The van der Waals surface area contributed by atoms with Gasteiger partial charge in [0.25, 0.3) is 5.91 Å². The number of nitrogens with zero attached hydrogens (tertiary/aromatic N) is 2. The van der Waals surface area contributed by atoms with Gasteiger partial charge in [-0.3, -0.25) is 4.79 Å². The van der Waals surface area contributed by atoms with Crippen LogP contribution in [0.1, 0.15) is 40.1 Å². The standard InChI is InChI=1S/C22H23N3O3/c1-4-25(5-2)20-13-18(22(27)28)17-12-15(10-11-19(17)24-20)23-21(26)16-9-7-6-8-14(16)3/h6-13H,4-5H2,1-3H3,(H,23,26)(H,27,28). The summed E-state index contributed by atoms with van der Waals surface area (Å²) in [6, 6.07) is 14.0. The molecule has 6 heteroatoms. The first-order chi connectivity index (χ1) is 13.4. The first kappa shape index (κ1) is 19.4. The molecule has 0 bridgehead atoms. The molecule has 28 heavy (non-hydrogen) atoms. The summed E-state index contributed by atoms with van der Waals surface area (Å²) in [6.45, 7) is 7.34. The summed E-state index contributed by atoms with van der Waals surface area (Å²) in [6.07, 6.45) is 0. The second-order valence-corrected chi connectivity index (χ2v) is 6.51. The molecular weight excluding hydrogens is 354 g/mol. The van der Waals surface area contributed by atoms with Gasteiger partial charge in [-0.15, -0.1) is 0 Å². The molecule has 6 nitrogen and oxygen atoms in total. The maximum atomic E-state index is 12.6. The van der Waals surface area contributed by atoms with Crippen molar-refractivity contribution in [2.75, 3.05) is 23.3 Å². The molecule has 0 saturated carbocycles. The van der Waals surface area contributed by atoms with E-state index in [-0.39, 0.29) is 11.5 Å². The molecule has 1 amide bonds. The number of rotatable bonds is 6. The van der Waals surface area contributed by atoms with Gasteiger partial charge in [0.2, 0.25) is 0 Å². The second-order valence-electron chi connectivity index (χ2n) is 6.51. The Hall–Kier alpha value is -3.41. The predicted molar refractivity (Wildman–Crippen MR) is 111 cm³/mol. The third-order valence-electron chi connectivity index (χ3n) is 4.76. The highest BCUT2D eigenvalue weighted by Crippen LogP contribution is 2.26. The maximum absolute atomic E-state index is 12.6. The zero-order valence-electron chi connectivity index (χ0n) is 16.2. The zero-order valence-corrected chi connectivity index (χ0v) is 16.2. The van der Waals surface area contributed by atoms with E-state index in [4.69, 9.17) is 0 Å². The first-order valence-corrected chi connectivity index (χ1v) is 9.24. The van der Waals surface area contributed by atoms with Crippen molar-refractivity contribution in [3.05, 3.63) is 65.2 Å². The Bertz CT molecular complexity index is 1040. The van der Waals surface area contributed by atoms with Crippen LogP contribution in [0.15, 0.2) is 48.5 Å². The average Bonchev–Trinajstić information content (AvgIpc) is 2.68. The van der Waals surface area contributed by atoms with Crippen molar-refractivity contribution in [1.29, 1.82) is 0 Å². The van der Waals surface area contributed by atoms with Crippen LogP contribution in [0.2, 0.25) is 0 Å². The van der Waals surface area contributed by atoms with Crippen LogP contribution in [-0.4, -0.2) is 35.1 Å². The first-order valence-electron chi connectivity index (χ1n) is 9.24. The Labute approximate surface area is 163 Å². The van der Waals surface area contributed by atoms with Gasteiger partial charge in [-0.2, -0.15) is 0 Å². The van der Waals surface area contributed by atoms with E-state index < -0.39 is 5.97 Å². The largest absolute Gasteiger partial charge is 0.478 e. The molecule has 0 unspecified atom stereocenters. The number of carbonyl (C=O) groups is 2. The van der Waals surface area contributed by atoms with Gasteiger partial charge in [-0.1, -0.05) is 18.2 Å². The number of pyridine rings is 1. The van der Waals surface area contributed by atoms with E-state index in [1.165, 1.54) is 0 Å². The van der Waals surface area contributed by atoms with Crippen molar-refractivity contribution in [3.8, 4) is 0 Å². The molecule has 0 aliphatic rings. The number of hydrogen-bond acceptors (Lipinski definition) is 4. The molecule has 2 N–H and O–H groups in total. The van der Waals surface area contributed by atoms with Gasteiger partial charge in [0.1, 0.15) is 5.82 Å². The van der Waals surface area contributed by atoms with Crippen molar-refractivity contribution in [1.82, 2.24) is 4.98 Å². The van der Waals surface area contributed by atoms with Gasteiger partial charge in [0.05, 0.1) is 11.1 Å². The minimum Gasteiger partial charge on any atom is -0.478 e. The van der Waals surface area contributed by atoms with Crippen molar-refractivity contribution < 1.29 is 14.7 Å². The monoisotopic (exact) mass is 377 g/mol. The topological polar surface area (TPSA) is 82.5 Å². The summed E-state index contributed by atoms with van der Waals surface area (Å²) in [5.41, 5.74) is 2.73. The van der Waals surface area contributed by atoms with E-state index in [9.17, 15) is 14.7 Å². The molecule has 0 saturated heterocycles. The fourth-order valence-electron chi connectivity index (χ4n) is 3.20. The number of carboxylic acids is 1. The van der Waals surface area contributed by atoms with Crippen LogP contribution in [0.5, 0.6) is 0 Å². The van der Waals surface area contributed by atoms with Gasteiger partial charge in [0, 0.05) is 29.7 Å². The number of hydrogen-bond donors (Lipinski definition) is 2. The number of aryl methyl sites for hydroxylation is 1. The minimum atomic E-state index is -1.02. The van der Waals surface area contributed by atoms with Crippen molar-refractivity contribution >= 4 is 34.3 Å². The SMILES string of the molecule is CCN(CC)c1cc(C(=O)O)c2cc(NC(=O)c3ccccc3C)ccc2n1. The third kappa shape index (κ3) is 3.81. The Morgan fingerprint density at radius 2 is 1.75 bits per heavy atom. The molecule has 3 rings (SSSR count). The number of aromatic carboxylic acids is 1. The summed E-state index contributed by atoms with van der Waals surface area (Å²) in [4.78, 5) is 31.0. The molecule has 2 aromatic carbocycles. The van der Waals surface area contributed by atoms with Crippen LogP contribution < -0.4 is 10.2 Å². The molecule has 0 atom stereocenters. The van der Waals surface area contributed by atoms with Gasteiger partial charge in [0.15, 0.2) is 0 Å². The highest BCUT2D eigenvalue weighted by molar-refractivity contribution is 6.08. The van der Waals surface area contributed by atoms with Gasteiger partial charge < -0.3 is 15.3 Å². The highest BCUT2D eigenvalue weighted by Gasteiger charge is 2.16. The smallest absolute Gasteiger partial charge is 0.336 e. The third-order valence-corrected chi connectivity index (χ3v) is 4.76. The van der Waals surface area contributed by atoms with Gasteiger partial charge in [-0.05, 0) is 56.7 Å². The molecule has 0 fully saturated rings. The quantitative estimate of drug-likeness (QED) is 0.668. The molecule has 0 aliphatic carbocycles. The molecule has 144 valence electrons. The van der Waals surface area contributed by atoms with Crippen LogP contribution in [0.4, 0.5) is 11.5 Å². The minimum absolute atomic E-state index is 0.166. The molecule has 1 heterocycles. The lowest BCUT2D eigenvalue weighted by Gasteiger charge is -2.21. The summed E-state index contributed by atoms with van der Waals surface area (Å²) >= 11 is 0. The lowest BCUT2D eigenvalue weighted by atomic mass is 10.1. The number of anilines is 2. The fraction of sp³-hybridized carbons (Fsp3) is 0.227. The Morgan fingerprint density at radius 3 is 2.39 bits per heavy atom. The molecule has 3 aromatic rings. The number of carbonyl (C=O) groups excluding carboxylic acids is 1. The summed E-state index contributed by atoms with van der Waals surface area (Å²) in [5.74, 6) is -0.628. The van der Waals surface area contributed by atoms with Crippen LogP contribution in [0.3, 0.4) is 0 Å². The lowest BCUT2D eigenvalue weighted by molar-refractivity contribution is 0.0698. The highest BCUT2D eigenvalue weighted by atomic mass is 16.4. The number of amides is 1. The lowest BCUT2D eigenvalue weighted by Crippen LogP contribution is -2.23. The van der Waals surface area contributed by atoms with Gasteiger partial charge >= 0.3 is 5.97 Å². The predicted octanol–water partition coefficient (Wildman–Crippen LogP) is 4.34. The second kappa shape index (κ2) is 8.08. The normalized spacial score (nSPS) is 10.7. The summed E-state index contributed by atoms with van der Waals surface area (Å²) in [5, 5.41) is 13.0. The van der Waals surface area contributed by atoms with E-state index in [0.29, 0.717) is 28.0 Å². The van der Waals surface area contributed by atoms with Crippen molar-refractivity contribution in [3.63, 3.8) is 0 Å². The summed E-state index contributed by atoms with van der Waals surface area (Å²) < 4.78 is 0. The van der Waals surface area contributed by atoms with Crippen molar-refractivity contribution in [2.24, 2.45) is 0 Å². The molecule has 0 spiro atoms. The average molecular weight is 377 g/mol. The number of benzene rings is 2. The maximum Gasteiger partial charge on any atom is 0.336 e. The number of carboxylic acid groups (broad SMARTS) is 1. The zero-order chi connectivity index (χ0) is 20.3. The Morgan fingerprint density at radius 1 is 1.04 bits per heavy atom. The number of nitrogens with one attached hydrogen (secondary N) is 1. The van der Waals surface area contributed by atoms with Gasteiger partial charge in [-0.25, -0.2) is 9.78 Å². The summed E-state index contributed by atoms with van der Waals surface area (Å²) in [7, 11) is 0. The van der Waals surface area contributed by atoms with E-state index in [1.54, 1.807) is 30.3 Å². The van der Waals surface area contributed by atoms with E-state index in [2.05, 4.69) is 10.3 Å².